The number of allylic oxidation sites excluding steroid dienone is 2. The molecule has 2 nitrogen and oxygen atoms in total. The van der Waals surface area contributed by atoms with E-state index in [2.05, 4.69) is 18.7 Å². The second kappa shape index (κ2) is 8.14. The molecule has 118 valence electrons. The number of rotatable bonds is 7. The van der Waals surface area contributed by atoms with Gasteiger partial charge < -0.3 is 9.53 Å². The van der Waals surface area contributed by atoms with Crippen molar-refractivity contribution in [2.75, 3.05) is 0 Å². The summed E-state index contributed by atoms with van der Waals surface area (Å²) in [7, 11) is 0. The number of carbonyl (C=O) groups is 1. The Balaban J connectivity index is 2.37. The molecular formula is C21H22O2. The van der Waals surface area contributed by atoms with Crippen LogP contribution in [-0.4, -0.2) is 6.29 Å². The highest BCUT2D eigenvalue weighted by molar-refractivity contribution is 5.86. The van der Waals surface area contributed by atoms with Gasteiger partial charge in [-0.25, -0.2) is 0 Å². The molecule has 0 N–H and O–H groups in total. The summed E-state index contributed by atoms with van der Waals surface area (Å²) in [5, 5.41) is 0. The highest BCUT2D eigenvalue weighted by Gasteiger charge is 2.12. The van der Waals surface area contributed by atoms with Crippen LogP contribution in [0.15, 0.2) is 73.0 Å². The number of hydrogen-bond acceptors (Lipinski definition) is 2. The lowest BCUT2D eigenvalue weighted by Gasteiger charge is -2.17. The maximum Gasteiger partial charge on any atom is 0.137 e. The maximum absolute atomic E-state index is 10.8. The van der Waals surface area contributed by atoms with E-state index < -0.39 is 0 Å². The Labute approximate surface area is 138 Å². The molecule has 0 aliphatic heterocycles. The third kappa shape index (κ3) is 4.68. The predicted molar refractivity (Wildman–Crippen MR) is 95.4 cm³/mol. The fourth-order valence-corrected chi connectivity index (χ4v) is 2.35. The van der Waals surface area contributed by atoms with Crippen molar-refractivity contribution in [1.29, 1.82) is 0 Å². The smallest absolute Gasteiger partial charge is 0.137 e. The highest BCUT2D eigenvalue weighted by atomic mass is 16.5. The standard InChI is InChI=1S/C21H22O2/c1-16(15-22)14-17(2)23-21(20-12-8-5-9-13-20)18(3)19-10-6-4-7-11-19/h4-13,15-16H,2,14H2,1,3H3/b21-18+. The number of ether oxygens (including phenoxy) is 1. The van der Waals surface area contributed by atoms with Crippen LogP contribution in [0.4, 0.5) is 0 Å². The van der Waals surface area contributed by atoms with Gasteiger partial charge in [-0.15, -0.1) is 0 Å². The molecule has 0 radical (unpaired) electrons. The fourth-order valence-electron chi connectivity index (χ4n) is 2.35. The van der Waals surface area contributed by atoms with E-state index in [0.717, 1.165) is 28.7 Å². The van der Waals surface area contributed by atoms with Crippen molar-refractivity contribution in [2.24, 2.45) is 5.92 Å². The predicted octanol–water partition coefficient (Wildman–Crippen LogP) is 5.33. The summed E-state index contributed by atoms with van der Waals surface area (Å²) in [4.78, 5) is 10.8. The minimum atomic E-state index is -0.100. The summed E-state index contributed by atoms with van der Waals surface area (Å²) in [6.07, 6.45) is 1.44. The molecule has 0 aliphatic carbocycles. The number of benzene rings is 2. The van der Waals surface area contributed by atoms with Crippen molar-refractivity contribution in [3.05, 3.63) is 84.1 Å². The Morgan fingerprint density at radius 1 is 1.04 bits per heavy atom. The van der Waals surface area contributed by atoms with E-state index in [1.54, 1.807) is 0 Å². The molecule has 2 aromatic carbocycles. The van der Waals surface area contributed by atoms with Gasteiger partial charge in [-0.2, -0.15) is 0 Å². The molecule has 0 aliphatic rings. The van der Waals surface area contributed by atoms with Gasteiger partial charge >= 0.3 is 0 Å². The molecule has 0 aromatic heterocycles. The largest absolute Gasteiger partial charge is 0.461 e. The minimum absolute atomic E-state index is 0.100. The molecule has 0 fully saturated rings. The average Bonchev–Trinajstić information content (AvgIpc) is 2.60. The molecule has 23 heavy (non-hydrogen) atoms. The van der Waals surface area contributed by atoms with Crippen LogP contribution < -0.4 is 0 Å². The molecule has 0 spiro atoms. The first kappa shape index (κ1) is 16.8. The second-order valence-corrected chi connectivity index (χ2v) is 5.64. The van der Waals surface area contributed by atoms with Crippen LogP contribution in [0, 0.1) is 5.92 Å². The van der Waals surface area contributed by atoms with Gasteiger partial charge in [0.05, 0.1) is 5.76 Å². The van der Waals surface area contributed by atoms with Crippen LogP contribution in [-0.2, 0) is 9.53 Å². The summed E-state index contributed by atoms with van der Waals surface area (Å²) in [6, 6.07) is 20.1. The quantitative estimate of drug-likeness (QED) is 0.392. The van der Waals surface area contributed by atoms with Gasteiger partial charge in [0.25, 0.3) is 0 Å². The molecule has 2 rings (SSSR count). The van der Waals surface area contributed by atoms with Crippen LogP contribution in [0.3, 0.4) is 0 Å². The van der Waals surface area contributed by atoms with Crippen molar-refractivity contribution in [1.82, 2.24) is 0 Å². The van der Waals surface area contributed by atoms with Gasteiger partial charge in [0.1, 0.15) is 12.0 Å². The molecule has 1 atom stereocenters. The van der Waals surface area contributed by atoms with E-state index >= 15 is 0 Å². The van der Waals surface area contributed by atoms with Crippen molar-refractivity contribution in [3.8, 4) is 0 Å². The SMILES string of the molecule is C=C(CC(C)C=O)O/C(=C(\C)c1ccccc1)c1ccccc1. The second-order valence-electron chi connectivity index (χ2n) is 5.64. The molecule has 0 saturated carbocycles. The monoisotopic (exact) mass is 306 g/mol. The van der Waals surface area contributed by atoms with Crippen LogP contribution in [0.1, 0.15) is 31.4 Å². The van der Waals surface area contributed by atoms with Gasteiger partial charge in [0.2, 0.25) is 0 Å². The first-order valence-electron chi connectivity index (χ1n) is 7.74. The number of carbonyl (C=O) groups excluding carboxylic acids is 1. The van der Waals surface area contributed by atoms with E-state index in [1.165, 1.54) is 0 Å². The Morgan fingerprint density at radius 2 is 1.57 bits per heavy atom. The Hall–Kier alpha value is -2.61. The lowest BCUT2D eigenvalue weighted by molar-refractivity contribution is -0.110. The van der Waals surface area contributed by atoms with Gasteiger partial charge in [-0.3, -0.25) is 0 Å². The molecule has 0 bridgehead atoms. The van der Waals surface area contributed by atoms with E-state index in [0.29, 0.717) is 12.2 Å². The Bertz CT molecular complexity index is 684. The molecule has 2 aromatic rings. The summed E-state index contributed by atoms with van der Waals surface area (Å²) < 4.78 is 6.05. The van der Waals surface area contributed by atoms with E-state index in [-0.39, 0.29) is 5.92 Å². The average molecular weight is 306 g/mol. The molecule has 0 amide bonds. The molecule has 2 heteroatoms. The number of aldehydes is 1. The maximum atomic E-state index is 10.8. The topological polar surface area (TPSA) is 26.3 Å². The minimum Gasteiger partial charge on any atom is -0.461 e. The zero-order valence-electron chi connectivity index (χ0n) is 13.7. The Morgan fingerprint density at radius 3 is 2.09 bits per heavy atom. The Kier molecular flexibility index (Phi) is 5.93. The lowest BCUT2D eigenvalue weighted by atomic mass is 10.0. The van der Waals surface area contributed by atoms with Crippen LogP contribution in [0.2, 0.25) is 0 Å². The van der Waals surface area contributed by atoms with Gasteiger partial charge in [0.15, 0.2) is 0 Å². The van der Waals surface area contributed by atoms with Gasteiger partial charge in [-0.05, 0) is 18.1 Å². The molecule has 1 unspecified atom stereocenters. The van der Waals surface area contributed by atoms with Crippen LogP contribution in [0.25, 0.3) is 11.3 Å². The first-order chi connectivity index (χ1) is 11.1. The van der Waals surface area contributed by atoms with Crippen LogP contribution in [0.5, 0.6) is 0 Å². The lowest BCUT2D eigenvalue weighted by Crippen LogP contribution is -2.02. The van der Waals surface area contributed by atoms with Crippen LogP contribution >= 0.6 is 0 Å². The van der Waals surface area contributed by atoms with E-state index in [1.807, 2.05) is 62.4 Å². The highest BCUT2D eigenvalue weighted by Crippen LogP contribution is 2.29. The normalized spacial score (nSPS) is 13.0. The summed E-state index contributed by atoms with van der Waals surface area (Å²) in [6.45, 7) is 7.86. The fraction of sp³-hybridized carbons (Fsp3) is 0.190. The third-order valence-corrected chi connectivity index (χ3v) is 3.61. The van der Waals surface area contributed by atoms with Crippen molar-refractivity contribution in [3.63, 3.8) is 0 Å². The molecule has 0 heterocycles. The van der Waals surface area contributed by atoms with Gasteiger partial charge in [0, 0.05) is 17.9 Å². The summed E-state index contributed by atoms with van der Waals surface area (Å²) in [5.74, 6) is 1.27. The molecule has 0 saturated heterocycles. The summed E-state index contributed by atoms with van der Waals surface area (Å²) in [5.41, 5.74) is 3.13. The van der Waals surface area contributed by atoms with E-state index in [9.17, 15) is 4.79 Å². The third-order valence-electron chi connectivity index (χ3n) is 3.61. The number of hydrogen-bond donors (Lipinski definition) is 0. The zero-order chi connectivity index (χ0) is 16.7. The first-order valence-corrected chi connectivity index (χ1v) is 7.74. The van der Waals surface area contributed by atoms with Crippen molar-refractivity contribution in [2.45, 2.75) is 20.3 Å². The van der Waals surface area contributed by atoms with Crippen molar-refractivity contribution < 1.29 is 9.53 Å². The summed E-state index contributed by atoms with van der Waals surface area (Å²) >= 11 is 0. The van der Waals surface area contributed by atoms with E-state index in [4.69, 9.17) is 4.74 Å². The van der Waals surface area contributed by atoms with Crippen molar-refractivity contribution >= 4 is 17.6 Å². The zero-order valence-corrected chi connectivity index (χ0v) is 13.7. The molecular weight excluding hydrogens is 284 g/mol. The van der Waals surface area contributed by atoms with Gasteiger partial charge in [-0.1, -0.05) is 74.2 Å².